The highest BCUT2D eigenvalue weighted by Crippen LogP contribution is 2.42. The molecule has 0 saturated carbocycles. The van der Waals surface area contributed by atoms with E-state index in [2.05, 4.69) is 21.0 Å². The van der Waals surface area contributed by atoms with Gasteiger partial charge in [0, 0.05) is 11.1 Å². The molecule has 2 aromatic carbocycles. The second-order valence-corrected chi connectivity index (χ2v) is 6.45. The van der Waals surface area contributed by atoms with Crippen LogP contribution in [-0.4, -0.2) is 20.7 Å². The molecule has 2 N–H and O–H groups in total. The Bertz CT molecular complexity index is 1310. The van der Waals surface area contributed by atoms with Crippen molar-refractivity contribution in [2.24, 2.45) is 0 Å². The highest BCUT2D eigenvalue weighted by molar-refractivity contribution is 7.71. The number of H-pyrrole nitrogens is 2. The number of hydrogen-bond acceptors (Lipinski definition) is 4. The van der Waals surface area contributed by atoms with Crippen molar-refractivity contribution in [2.45, 2.75) is 0 Å². The molecule has 6 heteroatoms. The van der Waals surface area contributed by atoms with Gasteiger partial charge in [-0.15, -0.1) is 0 Å². The third-order valence-corrected chi connectivity index (χ3v) is 4.93. The minimum atomic E-state index is -0.131. The van der Waals surface area contributed by atoms with Crippen molar-refractivity contribution in [1.82, 2.24) is 15.0 Å². The van der Waals surface area contributed by atoms with Crippen LogP contribution < -0.4 is 0 Å². The molecule has 0 aliphatic heterocycles. The average Bonchev–Trinajstić information content (AvgIpc) is 3.22. The Morgan fingerprint density at radius 2 is 1.69 bits per heavy atom. The summed E-state index contributed by atoms with van der Waals surface area (Å²) in [5.74, 6) is 0.396. The van der Waals surface area contributed by atoms with E-state index in [1.807, 2.05) is 42.5 Å². The first-order valence-electron chi connectivity index (χ1n) is 7.98. The summed E-state index contributed by atoms with van der Waals surface area (Å²) in [4.78, 5) is 23.9. The van der Waals surface area contributed by atoms with Gasteiger partial charge in [0.2, 0.25) is 0 Å². The number of hydrogen-bond donors (Lipinski definition) is 2. The molecular formula is C20H10N4OS. The fourth-order valence-electron chi connectivity index (χ4n) is 3.49. The van der Waals surface area contributed by atoms with Gasteiger partial charge in [-0.2, -0.15) is 5.26 Å². The van der Waals surface area contributed by atoms with E-state index in [-0.39, 0.29) is 5.78 Å². The summed E-state index contributed by atoms with van der Waals surface area (Å²) in [5, 5.41) is 9.60. The van der Waals surface area contributed by atoms with E-state index in [1.165, 1.54) is 0 Å². The van der Waals surface area contributed by atoms with Gasteiger partial charge in [0.05, 0.1) is 27.9 Å². The zero-order valence-corrected chi connectivity index (χ0v) is 14.1. The van der Waals surface area contributed by atoms with Gasteiger partial charge in [-0.1, -0.05) is 48.6 Å². The lowest BCUT2D eigenvalue weighted by Gasteiger charge is -2.08. The summed E-state index contributed by atoms with van der Waals surface area (Å²) in [6, 6.07) is 17.0. The van der Waals surface area contributed by atoms with Crippen LogP contribution in [0.15, 0.2) is 48.5 Å². The summed E-state index contributed by atoms with van der Waals surface area (Å²) in [6.45, 7) is 0. The lowest BCUT2D eigenvalue weighted by atomic mass is 10.0. The smallest absolute Gasteiger partial charge is 0.196 e. The Morgan fingerprint density at radius 1 is 0.962 bits per heavy atom. The first kappa shape index (κ1) is 14.8. The van der Waals surface area contributed by atoms with E-state index < -0.39 is 0 Å². The maximum atomic E-state index is 13.1. The Balaban J connectivity index is 1.90. The molecule has 4 aromatic rings. The van der Waals surface area contributed by atoms with Crippen molar-refractivity contribution >= 4 is 29.0 Å². The molecule has 0 spiro atoms. The zero-order valence-electron chi connectivity index (χ0n) is 13.3. The van der Waals surface area contributed by atoms with E-state index in [1.54, 1.807) is 6.07 Å². The van der Waals surface area contributed by atoms with Gasteiger partial charge in [0.15, 0.2) is 11.6 Å². The van der Waals surface area contributed by atoms with Crippen LogP contribution in [0.25, 0.3) is 33.7 Å². The Labute approximate surface area is 153 Å². The second-order valence-electron chi connectivity index (χ2n) is 6.04. The molecule has 5 nitrogen and oxygen atoms in total. The largest absolute Gasteiger partial charge is 0.342 e. The Hall–Kier alpha value is -3.56. The fourth-order valence-corrected chi connectivity index (χ4v) is 3.74. The summed E-state index contributed by atoms with van der Waals surface area (Å²) in [6.07, 6.45) is 0. The van der Waals surface area contributed by atoms with Gasteiger partial charge < -0.3 is 9.97 Å². The molecule has 5 rings (SSSR count). The predicted octanol–water partition coefficient (Wildman–Crippen LogP) is 4.37. The van der Waals surface area contributed by atoms with E-state index in [4.69, 9.17) is 12.2 Å². The number of pyridine rings is 1. The number of fused-ring (bicyclic) bond motifs is 4. The third-order valence-electron chi connectivity index (χ3n) is 4.62. The third kappa shape index (κ3) is 1.86. The molecule has 0 saturated heterocycles. The van der Waals surface area contributed by atoms with Crippen molar-refractivity contribution in [2.75, 3.05) is 0 Å². The molecule has 122 valence electrons. The summed E-state index contributed by atoms with van der Waals surface area (Å²) < 4.78 is 0.297. The van der Waals surface area contributed by atoms with E-state index in [9.17, 15) is 10.1 Å². The van der Waals surface area contributed by atoms with Gasteiger partial charge in [-0.3, -0.25) is 4.79 Å². The highest BCUT2D eigenvalue weighted by atomic mass is 32.1. The maximum Gasteiger partial charge on any atom is 0.196 e. The van der Waals surface area contributed by atoms with Crippen LogP contribution in [0.4, 0.5) is 0 Å². The van der Waals surface area contributed by atoms with Crippen molar-refractivity contribution in [3.05, 3.63) is 69.9 Å². The SMILES string of the molecule is N#Cc1c2c(c(-c3nc4ccccc4[nH]3)[nH]c1=S)C(=O)c1ccccc1-2. The number of para-hydroxylation sites is 2. The number of aromatic nitrogens is 3. The van der Waals surface area contributed by atoms with Crippen LogP contribution in [0.2, 0.25) is 0 Å². The molecule has 2 heterocycles. The van der Waals surface area contributed by atoms with Gasteiger partial charge in [-0.05, 0) is 17.7 Å². The van der Waals surface area contributed by atoms with Crippen LogP contribution >= 0.6 is 12.2 Å². The van der Waals surface area contributed by atoms with Crippen molar-refractivity contribution in [3.8, 4) is 28.7 Å². The predicted molar refractivity (Wildman–Crippen MR) is 100 cm³/mol. The normalized spacial score (nSPS) is 12.0. The number of benzene rings is 2. The maximum absolute atomic E-state index is 13.1. The minimum Gasteiger partial charge on any atom is -0.342 e. The molecule has 0 fully saturated rings. The van der Waals surface area contributed by atoms with Crippen LogP contribution in [0, 0.1) is 16.0 Å². The first-order chi connectivity index (χ1) is 12.7. The average molecular weight is 354 g/mol. The highest BCUT2D eigenvalue weighted by Gasteiger charge is 2.33. The topological polar surface area (TPSA) is 85.3 Å². The molecule has 0 amide bonds. The molecule has 0 radical (unpaired) electrons. The molecule has 1 aliphatic carbocycles. The van der Waals surface area contributed by atoms with Crippen LogP contribution in [-0.2, 0) is 0 Å². The molecular weight excluding hydrogens is 344 g/mol. The van der Waals surface area contributed by atoms with Crippen LogP contribution in [0.5, 0.6) is 0 Å². The zero-order chi connectivity index (χ0) is 17.8. The van der Waals surface area contributed by atoms with E-state index in [0.29, 0.717) is 38.4 Å². The van der Waals surface area contributed by atoms with E-state index in [0.717, 1.165) is 16.6 Å². The van der Waals surface area contributed by atoms with Crippen molar-refractivity contribution in [1.29, 1.82) is 5.26 Å². The molecule has 0 atom stereocenters. The number of nitrogens with zero attached hydrogens (tertiary/aromatic N) is 2. The number of imidazole rings is 1. The fraction of sp³-hybridized carbons (Fsp3) is 0. The lowest BCUT2D eigenvalue weighted by molar-refractivity contribution is 0.104. The summed E-state index contributed by atoms with van der Waals surface area (Å²) in [5.41, 5.74) is 4.83. The first-order valence-corrected chi connectivity index (χ1v) is 8.39. The van der Waals surface area contributed by atoms with Gasteiger partial charge >= 0.3 is 0 Å². The molecule has 26 heavy (non-hydrogen) atoms. The van der Waals surface area contributed by atoms with Crippen molar-refractivity contribution < 1.29 is 4.79 Å². The molecule has 1 aliphatic rings. The standard InChI is InChI=1S/C20H10N4OS/c21-9-12-15-10-5-1-2-6-11(10)18(25)16(15)17(24-20(12)26)19-22-13-7-3-4-8-14(13)23-19/h1-8H,(H,22,23)(H,24,26). The molecule has 0 bridgehead atoms. The van der Waals surface area contributed by atoms with Gasteiger partial charge in [0.1, 0.15) is 10.7 Å². The van der Waals surface area contributed by atoms with E-state index >= 15 is 0 Å². The van der Waals surface area contributed by atoms with Gasteiger partial charge in [0.25, 0.3) is 0 Å². The minimum absolute atomic E-state index is 0.131. The number of carbonyl (C=O) groups excluding carboxylic acids is 1. The van der Waals surface area contributed by atoms with Crippen LogP contribution in [0.3, 0.4) is 0 Å². The van der Waals surface area contributed by atoms with Crippen LogP contribution in [0.1, 0.15) is 21.5 Å². The Morgan fingerprint density at radius 3 is 2.46 bits per heavy atom. The summed E-state index contributed by atoms with van der Waals surface area (Å²) in [7, 11) is 0. The quantitative estimate of drug-likeness (QED) is 0.438. The summed E-state index contributed by atoms with van der Waals surface area (Å²) >= 11 is 5.40. The number of nitrogens with one attached hydrogen (secondary N) is 2. The monoisotopic (exact) mass is 354 g/mol. The Kier molecular flexibility index (Phi) is 2.96. The lowest BCUT2D eigenvalue weighted by Crippen LogP contribution is -2.03. The number of carbonyl (C=O) groups is 1. The number of ketones is 1. The molecule has 0 unspecified atom stereocenters. The number of rotatable bonds is 1. The molecule has 2 aromatic heterocycles. The number of aromatic amines is 2. The second kappa shape index (κ2) is 5.22. The number of nitriles is 1. The van der Waals surface area contributed by atoms with Crippen molar-refractivity contribution in [3.63, 3.8) is 0 Å². The van der Waals surface area contributed by atoms with Gasteiger partial charge in [-0.25, -0.2) is 4.98 Å².